The molecule has 0 saturated carbocycles. The molecule has 0 fully saturated rings. The molecule has 7 heteroatoms. The fourth-order valence-electron chi connectivity index (χ4n) is 4.03. The highest BCUT2D eigenvalue weighted by Crippen LogP contribution is 2.22. The molecular weight excluding hydrogens is 424 g/mol. The maximum absolute atomic E-state index is 12.7. The van der Waals surface area contributed by atoms with Gasteiger partial charge in [-0.15, -0.1) is 0 Å². The highest BCUT2D eigenvalue weighted by Gasteiger charge is 2.12. The van der Waals surface area contributed by atoms with Crippen molar-refractivity contribution in [3.05, 3.63) is 102 Å². The summed E-state index contributed by atoms with van der Waals surface area (Å²) in [6.07, 6.45) is 3.53. The van der Waals surface area contributed by atoms with Crippen LogP contribution in [-0.4, -0.2) is 31.5 Å². The van der Waals surface area contributed by atoms with Crippen LogP contribution in [0.25, 0.3) is 28.0 Å². The van der Waals surface area contributed by atoms with Gasteiger partial charge in [-0.1, -0.05) is 48.5 Å². The lowest BCUT2D eigenvalue weighted by Crippen LogP contribution is -2.17. The van der Waals surface area contributed by atoms with Crippen LogP contribution in [0.5, 0.6) is 0 Å². The fraction of sp³-hybridized carbons (Fsp3) is 0.111. The van der Waals surface area contributed by atoms with E-state index in [1.165, 1.54) is 0 Å². The molecule has 3 aromatic carbocycles. The Morgan fingerprint density at radius 1 is 1.03 bits per heavy atom. The van der Waals surface area contributed by atoms with Crippen molar-refractivity contribution in [1.82, 2.24) is 24.8 Å². The molecule has 34 heavy (non-hydrogen) atoms. The van der Waals surface area contributed by atoms with Gasteiger partial charge in [-0.25, -0.2) is 15.1 Å². The van der Waals surface area contributed by atoms with E-state index in [0.29, 0.717) is 5.56 Å². The molecule has 0 unspecified atom stereocenters. The molecule has 0 aliphatic rings. The van der Waals surface area contributed by atoms with Crippen LogP contribution in [0.15, 0.2) is 90.2 Å². The van der Waals surface area contributed by atoms with Gasteiger partial charge in [0.15, 0.2) is 0 Å². The molecule has 0 spiro atoms. The number of amides is 1. The van der Waals surface area contributed by atoms with Gasteiger partial charge in [-0.2, -0.15) is 10.2 Å². The van der Waals surface area contributed by atoms with Crippen molar-refractivity contribution in [2.24, 2.45) is 5.10 Å². The zero-order chi connectivity index (χ0) is 23.5. The number of imidazole rings is 1. The van der Waals surface area contributed by atoms with Crippen molar-refractivity contribution in [3.63, 3.8) is 0 Å². The first-order valence-electron chi connectivity index (χ1n) is 11.1. The molecule has 2 heterocycles. The normalized spacial score (nSPS) is 11.4. The molecule has 0 aliphatic heterocycles. The molecule has 0 radical (unpaired) electrons. The second-order valence-corrected chi connectivity index (χ2v) is 7.89. The molecule has 2 aromatic heterocycles. The quantitative estimate of drug-likeness (QED) is 0.294. The number of nitrogens with one attached hydrogen (secondary N) is 1. The van der Waals surface area contributed by atoms with Crippen molar-refractivity contribution >= 4 is 23.2 Å². The van der Waals surface area contributed by atoms with Gasteiger partial charge in [0.1, 0.15) is 11.5 Å². The zero-order valence-electron chi connectivity index (χ0n) is 19.0. The minimum atomic E-state index is -0.293. The summed E-state index contributed by atoms with van der Waals surface area (Å²) in [4.78, 5) is 17.3. The van der Waals surface area contributed by atoms with Crippen molar-refractivity contribution in [2.75, 3.05) is 0 Å². The van der Waals surface area contributed by atoms with Crippen LogP contribution >= 0.6 is 0 Å². The highest BCUT2D eigenvalue weighted by molar-refractivity contribution is 5.98. The van der Waals surface area contributed by atoms with Gasteiger partial charge in [0.25, 0.3) is 5.91 Å². The van der Waals surface area contributed by atoms with Crippen LogP contribution in [0.3, 0.4) is 0 Å². The van der Waals surface area contributed by atoms with E-state index in [4.69, 9.17) is 5.10 Å². The average Bonchev–Trinajstić information content (AvgIpc) is 3.44. The van der Waals surface area contributed by atoms with Crippen molar-refractivity contribution < 1.29 is 4.79 Å². The minimum absolute atomic E-state index is 0.293. The lowest BCUT2D eigenvalue weighted by atomic mass is 10.1. The minimum Gasteiger partial charge on any atom is -0.329 e. The molecule has 5 aromatic rings. The van der Waals surface area contributed by atoms with E-state index in [0.717, 1.165) is 45.9 Å². The van der Waals surface area contributed by atoms with Crippen molar-refractivity contribution in [2.45, 2.75) is 20.4 Å². The summed E-state index contributed by atoms with van der Waals surface area (Å²) in [6, 6.07) is 25.3. The monoisotopic (exact) mass is 448 g/mol. The van der Waals surface area contributed by atoms with Gasteiger partial charge < -0.3 is 4.57 Å². The highest BCUT2D eigenvalue weighted by atomic mass is 16.2. The molecular formula is C27H24N6O. The zero-order valence-corrected chi connectivity index (χ0v) is 19.0. The molecule has 0 atom stereocenters. The van der Waals surface area contributed by atoms with E-state index in [9.17, 15) is 4.79 Å². The third kappa shape index (κ3) is 4.11. The van der Waals surface area contributed by atoms with Gasteiger partial charge in [-0.05, 0) is 44.2 Å². The Bertz CT molecular complexity index is 1480. The Morgan fingerprint density at radius 3 is 2.50 bits per heavy atom. The number of benzene rings is 3. The Balaban J connectivity index is 1.41. The third-order valence-corrected chi connectivity index (χ3v) is 5.70. The molecule has 0 saturated heterocycles. The van der Waals surface area contributed by atoms with E-state index >= 15 is 0 Å². The van der Waals surface area contributed by atoms with E-state index in [1.54, 1.807) is 18.3 Å². The summed E-state index contributed by atoms with van der Waals surface area (Å²) in [5.41, 5.74) is 8.44. The van der Waals surface area contributed by atoms with Crippen LogP contribution in [0.2, 0.25) is 0 Å². The number of rotatable bonds is 6. The summed E-state index contributed by atoms with van der Waals surface area (Å²) in [7, 11) is 0. The summed E-state index contributed by atoms with van der Waals surface area (Å²) in [5.74, 6) is 0.635. The number of carbonyl (C=O) groups excluding carboxylic acids is 1. The standard InChI is InChI=1S/C27H24N6O/c1-3-32-19(2)29-24-16-21(14-15-25(24)32)27(34)30-28-17-22-18-33(23-12-8-5-9-13-23)31-26(22)20-10-6-4-7-11-20/h4-18H,3H2,1-2H3,(H,30,34). The number of para-hydroxylation sites is 1. The van der Waals surface area contributed by atoms with E-state index in [2.05, 4.69) is 27.0 Å². The van der Waals surface area contributed by atoms with Crippen LogP contribution < -0.4 is 5.43 Å². The molecule has 0 aliphatic carbocycles. The number of nitrogens with zero attached hydrogens (tertiary/aromatic N) is 5. The summed E-state index contributed by atoms with van der Waals surface area (Å²) in [6.45, 7) is 4.87. The van der Waals surface area contributed by atoms with E-state index < -0.39 is 0 Å². The fourth-order valence-corrected chi connectivity index (χ4v) is 4.03. The predicted octanol–water partition coefficient (Wildman–Crippen LogP) is 4.98. The lowest BCUT2D eigenvalue weighted by molar-refractivity contribution is 0.0955. The Labute approximate surface area is 197 Å². The topological polar surface area (TPSA) is 77.1 Å². The summed E-state index contributed by atoms with van der Waals surface area (Å²) in [5, 5.41) is 8.99. The smallest absolute Gasteiger partial charge is 0.271 e. The number of carbonyl (C=O) groups is 1. The first kappa shape index (κ1) is 21.3. The van der Waals surface area contributed by atoms with E-state index in [-0.39, 0.29) is 5.91 Å². The number of fused-ring (bicyclic) bond motifs is 1. The molecule has 5 rings (SSSR count). The van der Waals surface area contributed by atoms with E-state index in [1.807, 2.05) is 84.5 Å². The van der Waals surface area contributed by atoms with Gasteiger partial charge >= 0.3 is 0 Å². The van der Waals surface area contributed by atoms with Crippen LogP contribution in [0.1, 0.15) is 28.7 Å². The Kier molecular flexibility index (Phi) is 5.74. The average molecular weight is 449 g/mol. The van der Waals surface area contributed by atoms with Crippen LogP contribution in [-0.2, 0) is 6.54 Å². The largest absolute Gasteiger partial charge is 0.329 e. The third-order valence-electron chi connectivity index (χ3n) is 5.70. The van der Waals surface area contributed by atoms with Crippen LogP contribution in [0, 0.1) is 6.92 Å². The number of aryl methyl sites for hydroxylation is 2. The van der Waals surface area contributed by atoms with Gasteiger partial charge in [0.05, 0.1) is 22.9 Å². The first-order valence-corrected chi connectivity index (χ1v) is 11.1. The van der Waals surface area contributed by atoms with Gasteiger partial charge in [0, 0.05) is 29.4 Å². The summed E-state index contributed by atoms with van der Waals surface area (Å²) >= 11 is 0. The maximum atomic E-state index is 12.7. The number of hydrogen-bond acceptors (Lipinski definition) is 4. The van der Waals surface area contributed by atoms with Gasteiger partial charge in [0.2, 0.25) is 0 Å². The van der Waals surface area contributed by atoms with Crippen LogP contribution in [0.4, 0.5) is 0 Å². The SMILES string of the molecule is CCn1c(C)nc2cc(C(=O)NN=Cc3cn(-c4ccccc4)nc3-c3ccccc3)ccc21. The molecule has 168 valence electrons. The molecule has 1 amide bonds. The Morgan fingerprint density at radius 2 is 1.76 bits per heavy atom. The second kappa shape index (κ2) is 9.15. The lowest BCUT2D eigenvalue weighted by Gasteiger charge is -2.03. The Hall–Kier alpha value is -4.52. The molecule has 7 nitrogen and oxygen atoms in total. The van der Waals surface area contributed by atoms with Crippen molar-refractivity contribution in [1.29, 1.82) is 0 Å². The van der Waals surface area contributed by atoms with Crippen molar-refractivity contribution in [3.8, 4) is 16.9 Å². The van der Waals surface area contributed by atoms with Gasteiger partial charge in [-0.3, -0.25) is 4.79 Å². The summed E-state index contributed by atoms with van der Waals surface area (Å²) < 4.78 is 3.93. The number of hydrazone groups is 1. The molecule has 0 bridgehead atoms. The molecule has 1 N–H and O–H groups in total. The number of aromatic nitrogens is 4. The second-order valence-electron chi connectivity index (χ2n) is 7.89. The first-order chi connectivity index (χ1) is 16.6. The number of hydrogen-bond donors (Lipinski definition) is 1. The predicted molar refractivity (Wildman–Crippen MR) is 134 cm³/mol. The maximum Gasteiger partial charge on any atom is 0.271 e.